The smallest absolute Gasteiger partial charge is 0.355 e. The van der Waals surface area contributed by atoms with E-state index < -0.39 is 0 Å². The summed E-state index contributed by atoms with van der Waals surface area (Å²) in [5, 5.41) is 5.08. The summed E-state index contributed by atoms with van der Waals surface area (Å²) in [6, 6.07) is 50.0. The molecule has 0 bridgehead atoms. The Morgan fingerprint density at radius 1 is 0.435 bits per heavy atom. The molecule has 8 aromatic rings. The first-order valence-corrected chi connectivity index (χ1v) is 15.5. The quantitative estimate of drug-likeness (QED) is 0.165. The van der Waals surface area contributed by atoms with Crippen LogP contribution in [0.4, 0.5) is 0 Å². The molecule has 0 atom stereocenters. The van der Waals surface area contributed by atoms with Gasteiger partial charge in [-0.1, -0.05) is 53.6 Å². The Labute approximate surface area is 305 Å². The summed E-state index contributed by atoms with van der Waals surface area (Å²) in [5.74, 6) is 0. The summed E-state index contributed by atoms with van der Waals surface area (Å²) < 4.78 is 1.32. The fourth-order valence-electron chi connectivity index (χ4n) is 4.20. The third-order valence-electron chi connectivity index (χ3n) is 6.28. The van der Waals surface area contributed by atoms with Crippen molar-refractivity contribution in [2.24, 2.45) is 0 Å². The van der Waals surface area contributed by atoms with Crippen LogP contribution in [0.5, 0.6) is 0 Å². The van der Waals surface area contributed by atoms with Gasteiger partial charge in [0.15, 0.2) is 0 Å². The summed E-state index contributed by atoms with van der Waals surface area (Å²) in [6.07, 6.45) is 5.35. The first kappa shape index (κ1) is 34.9. The van der Waals surface area contributed by atoms with Crippen molar-refractivity contribution in [2.45, 2.75) is 0 Å². The summed E-state index contributed by atoms with van der Waals surface area (Å²) in [7, 11) is 0. The number of aromatic nitrogens is 4. The summed E-state index contributed by atoms with van der Waals surface area (Å²) in [6.45, 7) is 0. The standard InChI is InChI=1S/2C16H11N2.C6H2S2.2Pt/c1-3-10-17-15(8-1)13-6-5-7-14(12-13)16-9-2-4-11-18-16;1-2-7-13(8-3-1)14-10-6-11-16(18-14)15-9-4-5-12-17-15;1-3-7-6-5(1)2-4-8-6;;/h1-11H;1-7,9-12H;3-4H;;/q2*-1;-2;2*+2. The van der Waals surface area contributed by atoms with E-state index in [1.807, 2.05) is 126 Å². The average Bonchev–Trinajstić information content (AvgIpc) is 3.77. The Bertz CT molecular complexity index is 1740. The van der Waals surface area contributed by atoms with Crippen LogP contribution in [0.2, 0.25) is 0 Å². The van der Waals surface area contributed by atoms with Crippen LogP contribution >= 0.6 is 22.7 Å². The molecule has 6 aromatic heterocycles. The minimum Gasteiger partial charge on any atom is -0.355 e. The van der Waals surface area contributed by atoms with Crippen molar-refractivity contribution in [1.82, 2.24) is 19.9 Å². The van der Waals surface area contributed by atoms with E-state index in [9.17, 15) is 0 Å². The molecule has 6 heterocycles. The van der Waals surface area contributed by atoms with Crippen LogP contribution in [0, 0.1) is 24.3 Å². The van der Waals surface area contributed by atoms with E-state index >= 15 is 0 Å². The van der Waals surface area contributed by atoms with Gasteiger partial charge in [-0.3, -0.25) is 42.6 Å². The molecule has 46 heavy (non-hydrogen) atoms. The monoisotopic (exact) mass is 990 g/mol. The van der Waals surface area contributed by atoms with Crippen molar-refractivity contribution in [1.29, 1.82) is 0 Å². The van der Waals surface area contributed by atoms with Gasteiger partial charge in [0.1, 0.15) is 0 Å². The molecule has 0 aliphatic heterocycles. The Kier molecular flexibility index (Phi) is 13.9. The largest absolute Gasteiger partial charge is 2.00 e. The summed E-state index contributed by atoms with van der Waals surface area (Å²) >= 11 is 3.45. The van der Waals surface area contributed by atoms with Crippen molar-refractivity contribution < 1.29 is 42.1 Å². The van der Waals surface area contributed by atoms with Crippen LogP contribution in [0.15, 0.2) is 145 Å². The fraction of sp³-hybridized carbons (Fsp3) is 0. The molecule has 0 N–H and O–H groups in total. The molecule has 0 aliphatic rings. The first-order chi connectivity index (χ1) is 21.8. The van der Waals surface area contributed by atoms with Gasteiger partial charge in [-0.05, 0) is 36.0 Å². The topological polar surface area (TPSA) is 51.6 Å². The molecule has 0 spiro atoms. The maximum absolute atomic E-state index is 4.62. The summed E-state index contributed by atoms with van der Waals surface area (Å²) in [4.78, 5) is 17.6. The average molecular weight is 991 g/mol. The Morgan fingerprint density at radius 2 is 0.935 bits per heavy atom. The Balaban J connectivity index is 0.000000163. The fourth-order valence-corrected chi connectivity index (χ4v) is 5.75. The predicted octanol–water partition coefficient (Wildman–Crippen LogP) is 9.78. The minimum absolute atomic E-state index is 0. The zero-order valence-corrected chi connectivity index (χ0v) is 30.3. The van der Waals surface area contributed by atoms with Gasteiger partial charge in [-0.2, -0.15) is 10.8 Å². The number of pyridine rings is 4. The number of fused-ring (bicyclic) bond motifs is 1. The zero-order chi connectivity index (χ0) is 29.8. The molecule has 0 unspecified atom stereocenters. The number of nitrogens with zero attached hydrogens (tertiary/aromatic N) is 4. The van der Waals surface area contributed by atoms with Crippen molar-refractivity contribution in [2.75, 3.05) is 0 Å². The maximum atomic E-state index is 4.62. The zero-order valence-electron chi connectivity index (χ0n) is 24.1. The van der Waals surface area contributed by atoms with Crippen molar-refractivity contribution in [3.8, 4) is 45.2 Å². The van der Waals surface area contributed by atoms with Gasteiger partial charge in [0.25, 0.3) is 0 Å². The van der Waals surface area contributed by atoms with E-state index in [2.05, 4.69) is 44.2 Å². The Morgan fingerprint density at radius 3 is 1.46 bits per heavy atom. The first-order valence-electron chi connectivity index (χ1n) is 13.8. The van der Waals surface area contributed by atoms with Gasteiger partial charge in [-0.15, -0.1) is 64.2 Å². The summed E-state index contributed by atoms with van der Waals surface area (Å²) in [5.41, 5.74) is 7.50. The number of thiophene rings is 2. The number of hydrogen-bond acceptors (Lipinski definition) is 6. The van der Waals surface area contributed by atoms with Gasteiger partial charge in [0.05, 0.1) is 11.4 Å². The SMILES string of the molecule is [Pt+2].[Pt+2].[c-]1c(-c2ccccn2)cccc1-c1ccccn1.[c-]1ccccc1-c1cccc(-c2ccccn2)n1.[c-]1csc2sc[c-]c12. The van der Waals surface area contributed by atoms with Crippen LogP contribution in [-0.4, -0.2) is 19.9 Å². The van der Waals surface area contributed by atoms with Gasteiger partial charge < -0.3 is 17.5 Å². The molecule has 0 amide bonds. The second kappa shape index (κ2) is 18.3. The van der Waals surface area contributed by atoms with Crippen LogP contribution in [0.3, 0.4) is 0 Å². The Hall–Kier alpha value is -3.92. The molecular formula is C38H24N4Pt2S2. The van der Waals surface area contributed by atoms with Gasteiger partial charge in [-0.25, -0.2) is 0 Å². The predicted molar refractivity (Wildman–Crippen MR) is 181 cm³/mol. The van der Waals surface area contributed by atoms with E-state index in [1.54, 1.807) is 41.3 Å². The third kappa shape index (κ3) is 9.54. The second-order valence-electron chi connectivity index (χ2n) is 9.23. The van der Waals surface area contributed by atoms with Gasteiger partial charge in [0.2, 0.25) is 0 Å². The normalized spacial score (nSPS) is 9.83. The molecule has 0 fully saturated rings. The van der Waals surface area contributed by atoms with Crippen LogP contribution in [-0.2, 0) is 42.1 Å². The van der Waals surface area contributed by atoms with E-state index in [0.29, 0.717) is 0 Å². The van der Waals surface area contributed by atoms with E-state index in [-0.39, 0.29) is 42.1 Å². The minimum atomic E-state index is 0. The molecule has 2 aromatic carbocycles. The molecule has 0 saturated carbocycles. The van der Waals surface area contributed by atoms with Gasteiger partial charge >= 0.3 is 42.1 Å². The number of hydrogen-bond donors (Lipinski definition) is 0. The van der Waals surface area contributed by atoms with Crippen molar-refractivity contribution in [3.63, 3.8) is 0 Å². The van der Waals surface area contributed by atoms with E-state index in [1.165, 1.54) is 4.01 Å². The van der Waals surface area contributed by atoms with Crippen LogP contribution in [0.25, 0.3) is 54.6 Å². The molecule has 8 heteroatoms. The number of rotatable bonds is 4. The molecule has 0 saturated heterocycles. The van der Waals surface area contributed by atoms with Gasteiger partial charge in [0, 0.05) is 30.0 Å². The van der Waals surface area contributed by atoms with Crippen LogP contribution < -0.4 is 0 Å². The molecule has 8 rings (SSSR count). The van der Waals surface area contributed by atoms with Crippen LogP contribution in [0.1, 0.15) is 0 Å². The van der Waals surface area contributed by atoms with E-state index in [0.717, 1.165) is 50.5 Å². The molecule has 4 nitrogen and oxygen atoms in total. The molecule has 228 valence electrons. The van der Waals surface area contributed by atoms with E-state index in [4.69, 9.17) is 0 Å². The third-order valence-corrected chi connectivity index (χ3v) is 8.17. The second-order valence-corrected chi connectivity index (χ2v) is 11.2. The molecule has 0 radical (unpaired) electrons. The maximum Gasteiger partial charge on any atom is 2.00 e. The van der Waals surface area contributed by atoms with Crippen molar-refractivity contribution >= 4 is 32.1 Å². The molecule has 0 aliphatic carbocycles. The van der Waals surface area contributed by atoms with Crippen molar-refractivity contribution in [3.05, 3.63) is 169 Å². The molecular weight excluding hydrogens is 967 g/mol. The number of benzene rings is 2.